The van der Waals surface area contributed by atoms with Crippen LogP contribution in [0.4, 0.5) is 4.79 Å². The number of ether oxygens (including phenoxy) is 1. The van der Waals surface area contributed by atoms with Crippen molar-refractivity contribution >= 4 is 6.09 Å². The van der Waals surface area contributed by atoms with Crippen molar-refractivity contribution in [3.63, 3.8) is 0 Å². The van der Waals surface area contributed by atoms with Crippen molar-refractivity contribution in [1.29, 1.82) is 0 Å². The highest BCUT2D eigenvalue weighted by atomic mass is 16.6. The molecule has 0 aliphatic heterocycles. The van der Waals surface area contributed by atoms with Gasteiger partial charge in [0, 0.05) is 18.6 Å². The highest BCUT2D eigenvalue weighted by Gasteiger charge is 2.24. The molecule has 0 spiro atoms. The van der Waals surface area contributed by atoms with Crippen molar-refractivity contribution in [2.24, 2.45) is 5.73 Å². The molecule has 0 unspecified atom stereocenters. The van der Waals surface area contributed by atoms with Crippen LogP contribution in [0.1, 0.15) is 41.5 Å². The smallest absolute Gasteiger partial charge is 0.410 e. The Labute approximate surface area is 92.8 Å². The monoisotopic (exact) mass is 216 g/mol. The summed E-state index contributed by atoms with van der Waals surface area (Å²) in [5, 5.41) is 0. The number of hydrogen-bond donors (Lipinski definition) is 1. The van der Waals surface area contributed by atoms with Gasteiger partial charge >= 0.3 is 6.09 Å². The molecule has 0 fully saturated rings. The molecular weight excluding hydrogens is 192 g/mol. The standard InChI is InChI=1S/C11H24N2O2/c1-8(2)13(7-9(3)12)10(14)15-11(4,5)6/h8-9H,7,12H2,1-6H3/t9-/m1/s1. The molecule has 0 rings (SSSR count). The Hall–Kier alpha value is -0.770. The molecule has 0 saturated carbocycles. The van der Waals surface area contributed by atoms with E-state index in [4.69, 9.17) is 10.5 Å². The Balaban J connectivity index is 4.43. The fourth-order valence-electron chi connectivity index (χ4n) is 1.13. The third-order valence-corrected chi connectivity index (χ3v) is 1.74. The molecule has 0 heterocycles. The van der Waals surface area contributed by atoms with E-state index in [1.54, 1.807) is 4.90 Å². The quantitative estimate of drug-likeness (QED) is 0.784. The van der Waals surface area contributed by atoms with Gasteiger partial charge in [0.15, 0.2) is 0 Å². The molecule has 0 bridgehead atoms. The van der Waals surface area contributed by atoms with Crippen molar-refractivity contribution < 1.29 is 9.53 Å². The van der Waals surface area contributed by atoms with E-state index >= 15 is 0 Å². The van der Waals surface area contributed by atoms with Crippen LogP contribution in [0.5, 0.6) is 0 Å². The first-order chi connectivity index (χ1) is 6.63. The van der Waals surface area contributed by atoms with Gasteiger partial charge in [0.1, 0.15) is 5.60 Å². The van der Waals surface area contributed by atoms with E-state index in [9.17, 15) is 4.79 Å². The Morgan fingerprint density at radius 2 is 1.80 bits per heavy atom. The van der Waals surface area contributed by atoms with Crippen molar-refractivity contribution in [2.45, 2.75) is 59.2 Å². The zero-order chi connectivity index (χ0) is 12.2. The van der Waals surface area contributed by atoms with Crippen molar-refractivity contribution in [3.05, 3.63) is 0 Å². The first-order valence-corrected chi connectivity index (χ1v) is 5.38. The van der Waals surface area contributed by atoms with Crippen molar-refractivity contribution in [1.82, 2.24) is 4.90 Å². The van der Waals surface area contributed by atoms with Crippen LogP contribution < -0.4 is 5.73 Å². The Morgan fingerprint density at radius 1 is 1.33 bits per heavy atom. The molecule has 15 heavy (non-hydrogen) atoms. The van der Waals surface area contributed by atoms with E-state index in [0.717, 1.165) is 0 Å². The van der Waals surface area contributed by atoms with Crippen LogP contribution in [0, 0.1) is 0 Å². The fourth-order valence-corrected chi connectivity index (χ4v) is 1.13. The second kappa shape index (κ2) is 5.35. The van der Waals surface area contributed by atoms with Gasteiger partial charge in [0.25, 0.3) is 0 Å². The molecule has 4 heteroatoms. The summed E-state index contributed by atoms with van der Waals surface area (Å²) < 4.78 is 5.29. The molecule has 0 aromatic carbocycles. The lowest BCUT2D eigenvalue weighted by molar-refractivity contribution is 0.0181. The first kappa shape index (κ1) is 14.2. The van der Waals surface area contributed by atoms with Crippen LogP contribution in [0.2, 0.25) is 0 Å². The van der Waals surface area contributed by atoms with Crippen LogP contribution in [0.15, 0.2) is 0 Å². The maximum Gasteiger partial charge on any atom is 0.410 e. The number of nitrogens with two attached hydrogens (primary N) is 1. The normalized spacial score (nSPS) is 13.9. The van der Waals surface area contributed by atoms with E-state index in [1.807, 2.05) is 41.5 Å². The maximum atomic E-state index is 11.8. The molecule has 0 aromatic rings. The van der Waals surface area contributed by atoms with Crippen LogP contribution in [-0.4, -0.2) is 35.2 Å². The number of hydrogen-bond acceptors (Lipinski definition) is 3. The van der Waals surface area contributed by atoms with Gasteiger partial charge in [-0.2, -0.15) is 0 Å². The molecule has 1 atom stereocenters. The molecule has 0 aliphatic carbocycles. The van der Waals surface area contributed by atoms with Crippen LogP contribution in [0.25, 0.3) is 0 Å². The zero-order valence-corrected chi connectivity index (χ0v) is 10.7. The second-order valence-corrected chi connectivity index (χ2v) is 5.20. The van der Waals surface area contributed by atoms with Crippen molar-refractivity contribution in [3.8, 4) is 0 Å². The predicted molar refractivity (Wildman–Crippen MR) is 61.7 cm³/mol. The van der Waals surface area contributed by atoms with Gasteiger partial charge in [-0.25, -0.2) is 4.79 Å². The topological polar surface area (TPSA) is 55.6 Å². The Morgan fingerprint density at radius 3 is 2.07 bits per heavy atom. The molecule has 0 aliphatic rings. The van der Waals surface area contributed by atoms with E-state index in [2.05, 4.69) is 0 Å². The highest BCUT2D eigenvalue weighted by molar-refractivity contribution is 5.68. The highest BCUT2D eigenvalue weighted by Crippen LogP contribution is 2.11. The van der Waals surface area contributed by atoms with Gasteiger partial charge in [-0.3, -0.25) is 0 Å². The lowest BCUT2D eigenvalue weighted by Gasteiger charge is -2.31. The largest absolute Gasteiger partial charge is 0.444 e. The van der Waals surface area contributed by atoms with E-state index < -0.39 is 5.60 Å². The summed E-state index contributed by atoms with van der Waals surface area (Å²) in [6.45, 7) is 11.9. The fraction of sp³-hybridized carbons (Fsp3) is 0.909. The third-order valence-electron chi connectivity index (χ3n) is 1.74. The lowest BCUT2D eigenvalue weighted by atomic mass is 10.2. The Bertz CT molecular complexity index is 207. The van der Waals surface area contributed by atoms with Gasteiger partial charge < -0.3 is 15.4 Å². The van der Waals surface area contributed by atoms with Gasteiger partial charge in [0.2, 0.25) is 0 Å². The summed E-state index contributed by atoms with van der Waals surface area (Å²) in [5.41, 5.74) is 5.23. The number of rotatable bonds is 3. The van der Waals surface area contributed by atoms with Crippen molar-refractivity contribution in [2.75, 3.05) is 6.54 Å². The van der Waals surface area contributed by atoms with Gasteiger partial charge in [-0.1, -0.05) is 0 Å². The van der Waals surface area contributed by atoms with Gasteiger partial charge in [-0.05, 0) is 41.5 Å². The molecule has 4 nitrogen and oxygen atoms in total. The number of carbonyl (C=O) groups is 1. The molecular formula is C11H24N2O2. The SMILES string of the molecule is CC(C)N(C[C@@H](C)N)C(=O)OC(C)(C)C. The molecule has 0 radical (unpaired) electrons. The summed E-state index contributed by atoms with van der Waals surface area (Å²) in [4.78, 5) is 13.4. The number of carbonyl (C=O) groups excluding carboxylic acids is 1. The van der Waals surface area contributed by atoms with Gasteiger partial charge in [0.05, 0.1) is 0 Å². The van der Waals surface area contributed by atoms with E-state index in [1.165, 1.54) is 0 Å². The van der Waals surface area contributed by atoms with Crippen LogP contribution in [-0.2, 0) is 4.74 Å². The summed E-state index contributed by atoms with van der Waals surface area (Å²) in [6, 6.07) is 0.0609. The Kier molecular flexibility index (Phi) is 5.08. The molecule has 1 amide bonds. The minimum absolute atomic E-state index is 0.0417. The molecule has 0 aromatic heterocycles. The summed E-state index contributed by atoms with van der Waals surface area (Å²) in [7, 11) is 0. The average molecular weight is 216 g/mol. The molecule has 0 saturated heterocycles. The predicted octanol–water partition coefficient (Wildman–Crippen LogP) is 1.98. The minimum Gasteiger partial charge on any atom is -0.444 e. The third kappa shape index (κ3) is 6.33. The zero-order valence-electron chi connectivity index (χ0n) is 10.7. The van der Waals surface area contributed by atoms with E-state index in [0.29, 0.717) is 6.54 Å². The van der Waals surface area contributed by atoms with Gasteiger partial charge in [-0.15, -0.1) is 0 Å². The molecule has 2 N–H and O–H groups in total. The maximum absolute atomic E-state index is 11.8. The van der Waals surface area contributed by atoms with Crippen LogP contribution >= 0.6 is 0 Å². The number of nitrogens with zero attached hydrogens (tertiary/aromatic N) is 1. The second-order valence-electron chi connectivity index (χ2n) is 5.20. The minimum atomic E-state index is -0.456. The number of amides is 1. The van der Waals surface area contributed by atoms with E-state index in [-0.39, 0.29) is 18.2 Å². The summed E-state index contributed by atoms with van der Waals surface area (Å²) in [6.07, 6.45) is -0.296. The average Bonchev–Trinajstić information content (AvgIpc) is 1.95. The molecule has 90 valence electrons. The first-order valence-electron chi connectivity index (χ1n) is 5.38. The lowest BCUT2D eigenvalue weighted by Crippen LogP contribution is -2.46. The van der Waals surface area contributed by atoms with Crippen LogP contribution in [0.3, 0.4) is 0 Å². The summed E-state index contributed by atoms with van der Waals surface area (Å²) in [5.74, 6) is 0. The summed E-state index contributed by atoms with van der Waals surface area (Å²) >= 11 is 0.